The normalized spacial score (nSPS) is 11.8. The van der Waals surface area contributed by atoms with E-state index in [1.807, 2.05) is 26.0 Å². The summed E-state index contributed by atoms with van der Waals surface area (Å²) < 4.78 is 7.46. The van der Waals surface area contributed by atoms with Crippen LogP contribution in [0.3, 0.4) is 0 Å². The largest absolute Gasteiger partial charge is 0.339 e. The van der Waals surface area contributed by atoms with Crippen LogP contribution >= 0.6 is 11.8 Å². The van der Waals surface area contributed by atoms with E-state index in [0.29, 0.717) is 22.6 Å². The standard InChI is InChI=1S/C18H20N6OS/c1-4-9-24-13-8-6-5-7-12(13)15-16(24)20-18(22-21-15)26-10-14-19-17(11(2)3)25-23-14/h5-8,11H,4,9-10H2,1-3H3. The molecule has 134 valence electrons. The van der Waals surface area contributed by atoms with Crippen LogP contribution in [0.4, 0.5) is 0 Å². The molecule has 0 saturated heterocycles. The van der Waals surface area contributed by atoms with Crippen LogP contribution in [0.2, 0.25) is 0 Å². The van der Waals surface area contributed by atoms with Gasteiger partial charge in [0.05, 0.1) is 11.3 Å². The first-order chi connectivity index (χ1) is 12.7. The summed E-state index contributed by atoms with van der Waals surface area (Å²) in [7, 11) is 0. The zero-order chi connectivity index (χ0) is 18.1. The Kier molecular flexibility index (Phi) is 4.58. The van der Waals surface area contributed by atoms with Gasteiger partial charge >= 0.3 is 0 Å². The minimum absolute atomic E-state index is 0.222. The Balaban J connectivity index is 1.66. The van der Waals surface area contributed by atoms with Gasteiger partial charge in [0.25, 0.3) is 0 Å². The number of aryl methyl sites for hydroxylation is 1. The topological polar surface area (TPSA) is 82.5 Å². The molecule has 0 atom stereocenters. The summed E-state index contributed by atoms with van der Waals surface area (Å²) in [6.45, 7) is 7.11. The number of rotatable bonds is 6. The number of thioether (sulfide) groups is 1. The van der Waals surface area contributed by atoms with Crippen LogP contribution in [0.15, 0.2) is 33.9 Å². The second-order valence-corrected chi connectivity index (χ2v) is 7.37. The number of hydrogen-bond donors (Lipinski definition) is 0. The number of aromatic nitrogens is 6. The van der Waals surface area contributed by atoms with E-state index in [1.54, 1.807) is 0 Å². The summed E-state index contributed by atoms with van der Waals surface area (Å²) in [6, 6.07) is 8.23. The Morgan fingerprint density at radius 2 is 2.00 bits per heavy atom. The Bertz CT molecular complexity index is 1050. The highest BCUT2D eigenvalue weighted by atomic mass is 32.2. The van der Waals surface area contributed by atoms with E-state index in [0.717, 1.165) is 35.0 Å². The van der Waals surface area contributed by atoms with Gasteiger partial charge in [-0.2, -0.15) is 4.98 Å². The van der Waals surface area contributed by atoms with Crippen LogP contribution < -0.4 is 0 Å². The number of hydrogen-bond acceptors (Lipinski definition) is 7. The van der Waals surface area contributed by atoms with Crippen molar-refractivity contribution in [2.45, 2.75) is 50.6 Å². The molecule has 0 spiro atoms. The van der Waals surface area contributed by atoms with Crippen molar-refractivity contribution in [2.75, 3.05) is 0 Å². The van der Waals surface area contributed by atoms with Crippen molar-refractivity contribution in [2.24, 2.45) is 0 Å². The molecule has 0 fully saturated rings. The summed E-state index contributed by atoms with van der Waals surface area (Å²) >= 11 is 1.47. The molecule has 0 bridgehead atoms. The second-order valence-electron chi connectivity index (χ2n) is 6.43. The quantitative estimate of drug-likeness (QED) is 0.472. The molecular weight excluding hydrogens is 348 g/mol. The highest BCUT2D eigenvalue weighted by Gasteiger charge is 2.15. The molecule has 0 saturated carbocycles. The average Bonchev–Trinajstić information content (AvgIpc) is 3.24. The molecule has 7 nitrogen and oxygen atoms in total. The van der Waals surface area contributed by atoms with E-state index < -0.39 is 0 Å². The van der Waals surface area contributed by atoms with Gasteiger partial charge in [0.1, 0.15) is 5.52 Å². The van der Waals surface area contributed by atoms with Gasteiger partial charge in [-0.25, -0.2) is 4.98 Å². The molecule has 4 aromatic rings. The zero-order valence-corrected chi connectivity index (χ0v) is 15.8. The first-order valence-electron chi connectivity index (χ1n) is 8.74. The maximum atomic E-state index is 5.24. The van der Waals surface area contributed by atoms with Crippen LogP contribution in [-0.4, -0.2) is 29.9 Å². The van der Waals surface area contributed by atoms with Gasteiger partial charge in [-0.15, -0.1) is 10.2 Å². The van der Waals surface area contributed by atoms with E-state index in [1.165, 1.54) is 11.8 Å². The Hall–Kier alpha value is -2.48. The number of para-hydroxylation sites is 1. The van der Waals surface area contributed by atoms with Gasteiger partial charge in [-0.05, 0) is 12.5 Å². The average molecular weight is 368 g/mol. The lowest BCUT2D eigenvalue weighted by molar-refractivity contribution is 0.362. The molecule has 0 N–H and O–H groups in total. The molecule has 8 heteroatoms. The lowest BCUT2D eigenvalue weighted by Crippen LogP contribution is -2.00. The molecule has 26 heavy (non-hydrogen) atoms. The molecule has 0 aliphatic heterocycles. The fourth-order valence-corrected chi connectivity index (χ4v) is 3.52. The lowest BCUT2D eigenvalue weighted by Gasteiger charge is -2.04. The van der Waals surface area contributed by atoms with Crippen LogP contribution in [0, 0.1) is 0 Å². The van der Waals surface area contributed by atoms with Crippen LogP contribution in [0.5, 0.6) is 0 Å². The van der Waals surface area contributed by atoms with E-state index in [4.69, 9.17) is 9.51 Å². The number of benzene rings is 1. The van der Waals surface area contributed by atoms with Gasteiger partial charge in [0.2, 0.25) is 11.0 Å². The third-order valence-electron chi connectivity index (χ3n) is 4.11. The van der Waals surface area contributed by atoms with E-state index in [2.05, 4.69) is 44.0 Å². The highest BCUT2D eigenvalue weighted by molar-refractivity contribution is 7.98. The molecule has 3 heterocycles. The fourth-order valence-electron chi connectivity index (χ4n) is 2.89. The summed E-state index contributed by atoms with van der Waals surface area (Å²) in [5.41, 5.74) is 2.87. The van der Waals surface area contributed by atoms with Crippen LogP contribution in [-0.2, 0) is 12.3 Å². The van der Waals surface area contributed by atoms with Gasteiger partial charge in [-0.3, -0.25) is 0 Å². The van der Waals surface area contributed by atoms with Crippen molar-refractivity contribution >= 4 is 33.8 Å². The second kappa shape index (κ2) is 7.03. The van der Waals surface area contributed by atoms with Gasteiger partial charge < -0.3 is 9.09 Å². The Morgan fingerprint density at radius 1 is 1.15 bits per heavy atom. The highest BCUT2D eigenvalue weighted by Crippen LogP contribution is 2.28. The molecule has 0 radical (unpaired) electrons. The summed E-state index contributed by atoms with van der Waals surface area (Å²) in [4.78, 5) is 9.14. The summed E-state index contributed by atoms with van der Waals surface area (Å²) in [5.74, 6) is 2.08. The Labute approximate surface area is 155 Å². The molecule has 3 aromatic heterocycles. The van der Waals surface area contributed by atoms with Crippen molar-refractivity contribution in [3.63, 3.8) is 0 Å². The van der Waals surface area contributed by atoms with Crippen molar-refractivity contribution in [1.82, 2.24) is 29.9 Å². The van der Waals surface area contributed by atoms with Gasteiger partial charge in [0, 0.05) is 17.8 Å². The molecule has 0 unspecified atom stereocenters. The molecule has 0 aliphatic rings. The van der Waals surface area contributed by atoms with E-state index >= 15 is 0 Å². The summed E-state index contributed by atoms with van der Waals surface area (Å²) in [5, 5.41) is 14.4. The number of nitrogens with zero attached hydrogens (tertiary/aromatic N) is 6. The van der Waals surface area contributed by atoms with Crippen molar-refractivity contribution in [3.05, 3.63) is 36.0 Å². The fraction of sp³-hybridized carbons (Fsp3) is 0.389. The minimum atomic E-state index is 0.222. The smallest absolute Gasteiger partial charge is 0.229 e. The first-order valence-corrected chi connectivity index (χ1v) is 9.73. The van der Waals surface area contributed by atoms with Crippen molar-refractivity contribution in [3.8, 4) is 0 Å². The maximum Gasteiger partial charge on any atom is 0.229 e. The molecular formula is C18H20N6OS. The molecule has 4 rings (SSSR count). The molecule has 1 aromatic carbocycles. The summed E-state index contributed by atoms with van der Waals surface area (Å²) in [6.07, 6.45) is 1.03. The molecule has 0 amide bonds. The maximum absolute atomic E-state index is 5.24. The number of fused-ring (bicyclic) bond motifs is 3. The van der Waals surface area contributed by atoms with Gasteiger partial charge in [-0.1, -0.05) is 55.9 Å². The van der Waals surface area contributed by atoms with E-state index in [-0.39, 0.29) is 5.92 Å². The zero-order valence-electron chi connectivity index (χ0n) is 15.0. The SMILES string of the molecule is CCCn1c2ccccc2c2nnc(SCc3noc(C(C)C)n3)nc21. The minimum Gasteiger partial charge on any atom is -0.339 e. The van der Waals surface area contributed by atoms with Crippen molar-refractivity contribution in [1.29, 1.82) is 0 Å². The van der Waals surface area contributed by atoms with Crippen LogP contribution in [0.25, 0.3) is 22.1 Å². The predicted molar refractivity (Wildman–Crippen MR) is 101 cm³/mol. The monoisotopic (exact) mass is 368 g/mol. The third-order valence-corrected chi connectivity index (χ3v) is 4.94. The predicted octanol–water partition coefficient (Wildman–Crippen LogP) is 4.19. The third kappa shape index (κ3) is 3.05. The first kappa shape index (κ1) is 17.0. The van der Waals surface area contributed by atoms with E-state index in [9.17, 15) is 0 Å². The van der Waals surface area contributed by atoms with Crippen molar-refractivity contribution < 1.29 is 4.52 Å². The van der Waals surface area contributed by atoms with Crippen LogP contribution in [0.1, 0.15) is 44.8 Å². The lowest BCUT2D eigenvalue weighted by atomic mass is 10.2. The van der Waals surface area contributed by atoms with Gasteiger partial charge in [0.15, 0.2) is 11.5 Å². The molecule has 0 aliphatic carbocycles. The Morgan fingerprint density at radius 3 is 2.77 bits per heavy atom.